The van der Waals surface area contributed by atoms with Crippen molar-refractivity contribution in [2.24, 2.45) is 5.41 Å². The number of ether oxygens (including phenoxy) is 2. The predicted molar refractivity (Wildman–Crippen MR) is 97.0 cm³/mol. The van der Waals surface area contributed by atoms with E-state index in [2.05, 4.69) is 0 Å². The molecule has 0 fully saturated rings. The zero-order chi connectivity index (χ0) is 18.3. The minimum Gasteiger partial charge on any atom is -0.465 e. The molecule has 4 nitrogen and oxygen atoms in total. The summed E-state index contributed by atoms with van der Waals surface area (Å²) in [4.78, 5) is 25.0. The van der Waals surface area contributed by atoms with E-state index in [1.54, 1.807) is 20.8 Å². The summed E-state index contributed by atoms with van der Waals surface area (Å²) in [5, 5.41) is 0. The van der Waals surface area contributed by atoms with Crippen LogP contribution in [0.4, 0.5) is 0 Å². The smallest absolute Gasteiger partial charge is 0.323 e. The number of carbonyl (C=O) groups excluding carboxylic acids is 2. The lowest BCUT2D eigenvalue weighted by molar-refractivity contribution is -0.170. The van der Waals surface area contributed by atoms with E-state index in [4.69, 9.17) is 9.47 Å². The quantitative estimate of drug-likeness (QED) is 0.564. The minimum absolute atomic E-state index is 0.216. The average Bonchev–Trinajstić information content (AvgIpc) is 2.63. The Morgan fingerprint density at radius 3 is 1.92 bits per heavy atom. The van der Waals surface area contributed by atoms with Crippen LogP contribution in [0.2, 0.25) is 0 Å². The van der Waals surface area contributed by atoms with Crippen molar-refractivity contribution in [3.05, 3.63) is 60.2 Å². The number of hydrogen-bond donors (Lipinski definition) is 0. The molecule has 0 saturated heterocycles. The second-order valence-electron chi connectivity index (χ2n) is 5.97. The molecule has 0 aromatic heterocycles. The molecule has 2 aromatic rings. The Labute approximate surface area is 148 Å². The molecule has 0 aliphatic heterocycles. The summed E-state index contributed by atoms with van der Waals surface area (Å²) in [6.45, 7) is 5.47. The van der Waals surface area contributed by atoms with E-state index in [9.17, 15) is 9.59 Å². The lowest BCUT2D eigenvalue weighted by atomic mass is 9.81. The fourth-order valence-electron chi connectivity index (χ4n) is 2.76. The molecular weight excluding hydrogens is 316 g/mol. The van der Waals surface area contributed by atoms with Crippen LogP contribution in [0.15, 0.2) is 54.6 Å². The highest BCUT2D eigenvalue weighted by molar-refractivity contribution is 6.00. The molecule has 0 saturated carbocycles. The lowest BCUT2D eigenvalue weighted by Crippen LogP contribution is -2.41. The van der Waals surface area contributed by atoms with Gasteiger partial charge in [0.15, 0.2) is 5.41 Å². The molecular formula is C21H24O4. The van der Waals surface area contributed by atoms with Gasteiger partial charge in [-0.1, -0.05) is 54.6 Å². The van der Waals surface area contributed by atoms with Crippen molar-refractivity contribution < 1.29 is 19.1 Å². The average molecular weight is 340 g/mol. The van der Waals surface area contributed by atoms with E-state index in [0.29, 0.717) is 0 Å². The molecule has 0 radical (unpaired) electrons. The first kappa shape index (κ1) is 18.7. The molecule has 0 heterocycles. The highest BCUT2D eigenvalue weighted by Crippen LogP contribution is 2.32. The van der Waals surface area contributed by atoms with E-state index in [1.165, 1.54) is 0 Å². The van der Waals surface area contributed by atoms with Gasteiger partial charge in [-0.25, -0.2) is 0 Å². The first-order chi connectivity index (χ1) is 12.0. The third-order valence-electron chi connectivity index (χ3n) is 4.10. The number of rotatable bonds is 7. The van der Waals surface area contributed by atoms with Gasteiger partial charge in [0, 0.05) is 0 Å². The van der Waals surface area contributed by atoms with Crippen LogP contribution in [0.25, 0.3) is 11.1 Å². The van der Waals surface area contributed by atoms with Gasteiger partial charge < -0.3 is 9.47 Å². The van der Waals surface area contributed by atoms with Gasteiger partial charge in [0.05, 0.1) is 13.2 Å². The van der Waals surface area contributed by atoms with Crippen molar-refractivity contribution in [2.75, 3.05) is 13.2 Å². The largest absolute Gasteiger partial charge is 0.465 e. The highest BCUT2D eigenvalue weighted by atomic mass is 16.6. The molecule has 0 spiro atoms. The fourth-order valence-corrected chi connectivity index (χ4v) is 2.76. The summed E-state index contributed by atoms with van der Waals surface area (Å²) in [6, 6.07) is 17.6. The Balaban J connectivity index is 2.43. The number of esters is 2. The van der Waals surface area contributed by atoms with Crippen molar-refractivity contribution in [1.82, 2.24) is 0 Å². The predicted octanol–water partition coefficient (Wildman–Crippen LogP) is 4.03. The second-order valence-corrected chi connectivity index (χ2v) is 5.97. The summed E-state index contributed by atoms with van der Waals surface area (Å²) in [6.07, 6.45) is 0.218. The summed E-state index contributed by atoms with van der Waals surface area (Å²) in [5.41, 5.74) is 1.55. The van der Waals surface area contributed by atoms with Crippen LogP contribution in [0.5, 0.6) is 0 Å². The molecule has 0 aliphatic rings. The standard InChI is InChI=1S/C21H24O4/c1-4-24-19(22)21(3,20(23)25-5-2)15-17-13-9-10-14-18(17)16-11-7-6-8-12-16/h6-14H,4-5,15H2,1-3H3. The summed E-state index contributed by atoms with van der Waals surface area (Å²) < 4.78 is 10.3. The Kier molecular flexibility index (Phi) is 6.34. The van der Waals surface area contributed by atoms with Crippen LogP contribution in [0.3, 0.4) is 0 Å². The van der Waals surface area contributed by atoms with Gasteiger partial charge in [0.25, 0.3) is 0 Å². The van der Waals surface area contributed by atoms with Crippen LogP contribution >= 0.6 is 0 Å². The van der Waals surface area contributed by atoms with E-state index < -0.39 is 17.4 Å². The molecule has 25 heavy (non-hydrogen) atoms. The monoisotopic (exact) mass is 340 g/mol. The summed E-state index contributed by atoms with van der Waals surface area (Å²) in [7, 11) is 0. The molecule has 0 atom stereocenters. The van der Waals surface area contributed by atoms with Crippen LogP contribution < -0.4 is 0 Å². The van der Waals surface area contributed by atoms with E-state index in [1.807, 2.05) is 54.6 Å². The van der Waals surface area contributed by atoms with Crippen molar-refractivity contribution in [3.63, 3.8) is 0 Å². The number of carbonyl (C=O) groups is 2. The normalized spacial score (nSPS) is 11.0. The molecule has 0 N–H and O–H groups in total. The molecule has 0 unspecified atom stereocenters. The maximum atomic E-state index is 12.5. The number of benzene rings is 2. The second kappa shape index (κ2) is 8.47. The third kappa shape index (κ3) is 4.27. The Hall–Kier alpha value is -2.62. The lowest BCUT2D eigenvalue weighted by Gasteiger charge is -2.26. The fraction of sp³-hybridized carbons (Fsp3) is 0.333. The topological polar surface area (TPSA) is 52.6 Å². The van der Waals surface area contributed by atoms with Gasteiger partial charge in [-0.2, -0.15) is 0 Å². The zero-order valence-electron chi connectivity index (χ0n) is 15.0. The van der Waals surface area contributed by atoms with Crippen molar-refractivity contribution in [1.29, 1.82) is 0 Å². The summed E-state index contributed by atoms with van der Waals surface area (Å²) in [5.74, 6) is -1.12. The van der Waals surface area contributed by atoms with Crippen LogP contribution in [0.1, 0.15) is 26.3 Å². The van der Waals surface area contributed by atoms with Gasteiger partial charge in [-0.15, -0.1) is 0 Å². The molecule has 2 aromatic carbocycles. The first-order valence-electron chi connectivity index (χ1n) is 8.50. The third-order valence-corrected chi connectivity index (χ3v) is 4.10. The molecule has 0 bridgehead atoms. The van der Waals surface area contributed by atoms with Crippen molar-refractivity contribution >= 4 is 11.9 Å². The number of hydrogen-bond acceptors (Lipinski definition) is 4. The van der Waals surface area contributed by atoms with E-state index in [-0.39, 0.29) is 19.6 Å². The Morgan fingerprint density at radius 2 is 1.36 bits per heavy atom. The summed E-state index contributed by atoms with van der Waals surface area (Å²) >= 11 is 0. The highest BCUT2D eigenvalue weighted by Gasteiger charge is 2.44. The van der Waals surface area contributed by atoms with Crippen LogP contribution in [-0.4, -0.2) is 25.2 Å². The van der Waals surface area contributed by atoms with Gasteiger partial charge >= 0.3 is 11.9 Å². The van der Waals surface area contributed by atoms with Crippen molar-refractivity contribution in [3.8, 4) is 11.1 Å². The molecule has 4 heteroatoms. The zero-order valence-corrected chi connectivity index (χ0v) is 15.0. The minimum atomic E-state index is -1.38. The molecule has 132 valence electrons. The molecule has 0 aliphatic carbocycles. The molecule has 0 amide bonds. The molecule has 2 rings (SSSR count). The maximum Gasteiger partial charge on any atom is 0.323 e. The van der Waals surface area contributed by atoms with Crippen molar-refractivity contribution in [2.45, 2.75) is 27.2 Å². The van der Waals surface area contributed by atoms with E-state index in [0.717, 1.165) is 16.7 Å². The van der Waals surface area contributed by atoms with Gasteiger partial charge in [0.2, 0.25) is 0 Å². The first-order valence-corrected chi connectivity index (χ1v) is 8.50. The van der Waals surface area contributed by atoms with E-state index >= 15 is 0 Å². The van der Waals surface area contributed by atoms with Crippen LogP contribution in [-0.2, 0) is 25.5 Å². The van der Waals surface area contributed by atoms with Crippen LogP contribution in [0, 0.1) is 5.41 Å². The SMILES string of the molecule is CCOC(=O)C(C)(Cc1ccccc1-c1ccccc1)C(=O)OCC. The van der Waals surface area contributed by atoms with Gasteiger partial charge in [-0.05, 0) is 43.9 Å². The maximum absolute atomic E-state index is 12.5. The Bertz CT molecular complexity index is 704. The van der Waals surface area contributed by atoms with Gasteiger partial charge in [0.1, 0.15) is 0 Å². The Morgan fingerprint density at radius 1 is 0.840 bits per heavy atom. The van der Waals surface area contributed by atoms with Gasteiger partial charge in [-0.3, -0.25) is 9.59 Å².